The number of unbranched alkanes of at least 4 members (excludes halogenated alkanes) is 10. The van der Waals surface area contributed by atoms with Crippen molar-refractivity contribution < 1.29 is 5.11 Å². The van der Waals surface area contributed by atoms with E-state index in [1.807, 2.05) is 12.1 Å². The number of hydrogen-bond acceptors (Lipinski definition) is 3. The Bertz CT molecular complexity index is 1080. The number of phenols is 1. The van der Waals surface area contributed by atoms with E-state index in [1.54, 1.807) is 0 Å². The number of aromatic hydroxyl groups is 1. The van der Waals surface area contributed by atoms with E-state index in [0.29, 0.717) is 17.8 Å². The predicted molar refractivity (Wildman–Crippen MR) is 163 cm³/mol. The molecule has 4 rings (SSSR count). The van der Waals surface area contributed by atoms with Crippen molar-refractivity contribution in [3.63, 3.8) is 0 Å². The van der Waals surface area contributed by atoms with Gasteiger partial charge < -0.3 is 10.4 Å². The van der Waals surface area contributed by atoms with E-state index in [-0.39, 0.29) is 6.04 Å². The van der Waals surface area contributed by atoms with Crippen molar-refractivity contribution >= 4 is 10.8 Å². The van der Waals surface area contributed by atoms with Crippen LogP contribution >= 0.6 is 0 Å². The standard InChI is InChI=1S/C35H50N2O/c1-3-4-5-6-7-8-9-10-11-12-16-22-31-27-36-26-28(2)37(31)35(30-20-14-13-15-21-30)34-32-23-18-17-19-29(32)24-25-33(34)38/h13-15,17-21,23-25,28,31,35-36,38H,3-12,16,22,26-27H2,1-2H3/t28-,31+,35-/m0/s1. The van der Waals surface area contributed by atoms with Gasteiger partial charge in [-0.2, -0.15) is 0 Å². The third-order valence-corrected chi connectivity index (χ3v) is 8.53. The van der Waals surface area contributed by atoms with Crippen molar-refractivity contribution in [2.45, 2.75) is 109 Å². The number of benzene rings is 3. The van der Waals surface area contributed by atoms with Crippen molar-refractivity contribution in [2.75, 3.05) is 13.1 Å². The van der Waals surface area contributed by atoms with Gasteiger partial charge in [0.05, 0.1) is 6.04 Å². The molecule has 0 spiro atoms. The number of fused-ring (bicyclic) bond motifs is 1. The molecule has 3 aromatic carbocycles. The first kappa shape index (κ1) is 28.6. The molecule has 2 N–H and O–H groups in total. The fourth-order valence-corrected chi connectivity index (χ4v) is 6.48. The van der Waals surface area contributed by atoms with E-state index < -0.39 is 0 Å². The van der Waals surface area contributed by atoms with E-state index >= 15 is 0 Å². The maximum Gasteiger partial charge on any atom is 0.121 e. The highest BCUT2D eigenvalue weighted by Gasteiger charge is 2.36. The molecule has 3 atom stereocenters. The van der Waals surface area contributed by atoms with Crippen molar-refractivity contribution in [2.24, 2.45) is 0 Å². The van der Waals surface area contributed by atoms with Crippen molar-refractivity contribution in [3.8, 4) is 5.75 Å². The van der Waals surface area contributed by atoms with Crippen LogP contribution in [0.3, 0.4) is 0 Å². The van der Waals surface area contributed by atoms with Crippen LogP contribution in [0, 0.1) is 0 Å². The summed E-state index contributed by atoms with van der Waals surface area (Å²) in [7, 11) is 0. The molecule has 0 radical (unpaired) electrons. The lowest BCUT2D eigenvalue weighted by Crippen LogP contribution is -2.57. The first-order valence-electron chi connectivity index (χ1n) is 15.4. The van der Waals surface area contributed by atoms with Crippen molar-refractivity contribution in [1.29, 1.82) is 0 Å². The SMILES string of the molecule is CCCCCCCCCCCCC[C@@H]1CNC[C@H](C)N1[C@@H](c1ccccc1)c1c(O)ccc2ccccc12. The maximum absolute atomic E-state index is 11.3. The average Bonchev–Trinajstić information content (AvgIpc) is 2.94. The number of rotatable bonds is 15. The molecule has 1 aliphatic rings. The fraction of sp³-hybridized carbons (Fsp3) is 0.543. The Balaban J connectivity index is 1.45. The van der Waals surface area contributed by atoms with E-state index in [4.69, 9.17) is 0 Å². The summed E-state index contributed by atoms with van der Waals surface area (Å²) in [6.07, 6.45) is 16.3. The van der Waals surface area contributed by atoms with Gasteiger partial charge in [-0.15, -0.1) is 0 Å². The first-order chi connectivity index (χ1) is 18.7. The zero-order chi connectivity index (χ0) is 26.6. The third-order valence-electron chi connectivity index (χ3n) is 8.53. The maximum atomic E-state index is 11.3. The average molecular weight is 515 g/mol. The van der Waals surface area contributed by atoms with E-state index in [0.717, 1.165) is 24.0 Å². The Hall–Kier alpha value is -2.36. The van der Waals surface area contributed by atoms with Crippen LogP contribution in [0.1, 0.15) is 108 Å². The molecule has 3 aromatic rings. The van der Waals surface area contributed by atoms with E-state index in [2.05, 4.69) is 78.7 Å². The minimum Gasteiger partial charge on any atom is -0.508 e. The van der Waals surface area contributed by atoms with Crippen molar-refractivity contribution in [3.05, 3.63) is 77.9 Å². The van der Waals surface area contributed by atoms with Gasteiger partial charge in [0, 0.05) is 30.7 Å². The largest absolute Gasteiger partial charge is 0.508 e. The normalized spacial score (nSPS) is 19.1. The molecule has 0 bridgehead atoms. The van der Waals surface area contributed by atoms with Gasteiger partial charge in [-0.25, -0.2) is 0 Å². The number of nitrogens with zero attached hydrogens (tertiary/aromatic N) is 1. The molecular formula is C35H50N2O. The van der Waals surface area contributed by atoms with Crippen LogP contribution in [0.15, 0.2) is 66.7 Å². The number of piperazine rings is 1. The van der Waals surface area contributed by atoms with Gasteiger partial charge in [0.2, 0.25) is 0 Å². The Morgan fingerprint density at radius 1 is 0.763 bits per heavy atom. The van der Waals surface area contributed by atoms with Gasteiger partial charge in [-0.05, 0) is 35.7 Å². The Morgan fingerprint density at radius 2 is 1.39 bits per heavy atom. The molecular weight excluding hydrogens is 464 g/mol. The van der Waals surface area contributed by atoms with Crippen LogP contribution < -0.4 is 5.32 Å². The second-order valence-corrected chi connectivity index (χ2v) is 11.5. The van der Waals surface area contributed by atoms with Gasteiger partial charge in [-0.3, -0.25) is 4.90 Å². The zero-order valence-corrected chi connectivity index (χ0v) is 23.9. The molecule has 0 saturated carbocycles. The molecule has 0 amide bonds. The molecule has 206 valence electrons. The molecule has 1 heterocycles. The highest BCUT2D eigenvalue weighted by Crippen LogP contribution is 2.42. The summed E-state index contributed by atoms with van der Waals surface area (Å²) in [5.41, 5.74) is 2.31. The summed E-state index contributed by atoms with van der Waals surface area (Å²) in [6.45, 7) is 6.62. The lowest BCUT2D eigenvalue weighted by molar-refractivity contribution is 0.0667. The molecule has 0 aliphatic carbocycles. The second-order valence-electron chi connectivity index (χ2n) is 11.5. The fourth-order valence-electron chi connectivity index (χ4n) is 6.48. The monoisotopic (exact) mass is 514 g/mol. The number of hydrogen-bond donors (Lipinski definition) is 2. The smallest absolute Gasteiger partial charge is 0.121 e. The van der Waals surface area contributed by atoms with Crippen LogP contribution in [0.25, 0.3) is 10.8 Å². The Labute approximate surface area is 231 Å². The molecule has 3 nitrogen and oxygen atoms in total. The molecule has 38 heavy (non-hydrogen) atoms. The van der Waals surface area contributed by atoms with Gasteiger partial charge in [0.25, 0.3) is 0 Å². The molecule has 3 heteroatoms. The minimum atomic E-state index is 0.0251. The predicted octanol–water partition coefficient (Wildman–Crippen LogP) is 9.00. The highest BCUT2D eigenvalue weighted by molar-refractivity contribution is 5.88. The van der Waals surface area contributed by atoms with Gasteiger partial charge in [0.1, 0.15) is 5.75 Å². The van der Waals surface area contributed by atoms with Gasteiger partial charge in [-0.1, -0.05) is 138 Å². The number of phenolic OH excluding ortho intramolecular Hbond substituents is 1. The summed E-state index contributed by atoms with van der Waals surface area (Å²) in [6, 6.07) is 24.1. The zero-order valence-electron chi connectivity index (χ0n) is 23.9. The van der Waals surface area contributed by atoms with Crippen LogP contribution in [0.2, 0.25) is 0 Å². The molecule has 0 aromatic heterocycles. The lowest BCUT2D eigenvalue weighted by Gasteiger charge is -2.46. The molecule has 0 unspecified atom stereocenters. The summed E-state index contributed by atoms with van der Waals surface area (Å²) in [5, 5.41) is 17.3. The van der Waals surface area contributed by atoms with Crippen LogP contribution in [-0.4, -0.2) is 35.2 Å². The van der Waals surface area contributed by atoms with Gasteiger partial charge in [0.15, 0.2) is 0 Å². The molecule has 1 saturated heterocycles. The number of nitrogens with one attached hydrogen (secondary N) is 1. The topological polar surface area (TPSA) is 35.5 Å². The summed E-state index contributed by atoms with van der Waals surface area (Å²) in [5.74, 6) is 0.400. The lowest BCUT2D eigenvalue weighted by atomic mass is 9.88. The van der Waals surface area contributed by atoms with E-state index in [9.17, 15) is 5.11 Å². The van der Waals surface area contributed by atoms with Crippen molar-refractivity contribution in [1.82, 2.24) is 10.2 Å². The Morgan fingerprint density at radius 3 is 2.11 bits per heavy atom. The second kappa shape index (κ2) is 15.3. The Kier molecular flexibility index (Phi) is 11.5. The highest BCUT2D eigenvalue weighted by atomic mass is 16.3. The van der Waals surface area contributed by atoms with Crippen LogP contribution in [0.5, 0.6) is 5.75 Å². The first-order valence-corrected chi connectivity index (χ1v) is 15.4. The summed E-state index contributed by atoms with van der Waals surface area (Å²) >= 11 is 0. The molecule has 1 aliphatic heterocycles. The van der Waals surface area contributed by atoms with Gasteiger partial charge >= 0.3 is 0 Å². The van der Waals surface area contributed by atoms with Crippen LogP contribution in [0.4, 0.5) is 0 Å². The summed E-state index contributed by atoms with van der Waals surface area (Å²) < 4.78 is 0. The quantitative estimate of drug-likeness (QED) is 0.199. The molecule has 1 fully saturated rings. The minimum absolute atomic E-state index is 0.0251. The van der Waals surface area contributed by atoms with Crippen LogP contribution in [-0.2, 0) is 0 Å². The van der Waals surface area contributed by atoms with E-state index in [1.165, 1.54) is 88.0 Å². The third kappa shape index (κ3) is 7.61. The summed E-state index contributed by atoms with van der Waals surface area (Å²) in [4.78, 5) is 2.71.